The molecule has 1 fully saturated rings. The smallest absolute Gasteiger partial charge is 0.0850 e. The third kappa shape index (κ3) is 3.69. The van der Waals surface area contributed by atoms with E-state index < -0.39 is 0 Å². The summed E-state index contributed by atoms with van der Waals surface area (Å²) in [6.07, 6.45) is 7.22. The van der Waals surface area contributed by atoms with Crippen LogP contribution in [0.2, 0.25) is 0 Å². The lowest BCUT2D eigenvalue weighted by molar-refractivity contribution is -0.108. The number of hydrogen-bond acceptors (Lipinski definition) is 3. The van der Waals surface area contributed by atoms with Crippen LogP contribution in [-0.2, 0) is 4.74 Å². The van der Waals surface area contributed by atoms with Crippen LogP contribution in [0.1, 0.15) is 66.2 Å². The fourth-order valence-corrected chi connectivity index (χ4v) is 3.54. The topological polar surface area (TPSA) is 47.3 Å². The van der Waals surface area contributed by atoms with E-state index in [1.807, 2.05) is 0 Å². The maximum absolute atomic E-state index is 6.20. The van der Waals surface area contributed by atoms with Gasteiger partial charge in [0.15, 0.2) is 0 Å². The lowest BCUT2D eigenvalue weighted by atomic mass is 9.71. The molecule has 3 nitrogen and oxygen atoms in total. The molecule has 3 heteroatoms. The van der Waals surface area contributed by atoms with Crippen LogP contribution in [-0.4, -0.2) is 18.2 Å². The summed E-state index contributed by atoms with van der Waals surface area (Å²) >= 11 is 0. The Morgan fingerprint density at radius 1 is 1.33 bits per heavy atom. The molecule has 0 radical (unpaired) electrons. The van der Waals surface area contributed by atoms with Gasteiger partial charge in [-0.1, -0.05) is 27.2 Å². The van der Waals surface area contributed by atoms with Gasteiger partial charge >= 0.3 is 0 Å². The normalized spacial score (nSPS) is 32.2. The summed E-state index contributed by atoms with van der Waals surface area (Å²) in [6, 6.07) is 0.282. The second kappa shape index (κ2) is 7.46. The first kappa shape index (κ1) is 15.9. The Morgan fingerprint density at radius 3 is 2.39 bits per heavy atom. The van der Waals surface area contributed by atoms with Crippen molar-refractivity contribution in [2.24, 2.45) is 17.7 Å². The van der Waals surface area contributed by atoms with Crippen molar-refractivity contribution in [1.82, 2.24) is 5.43 Å². The zero-order valence-corrected chi connectivity index (χ0v) is 12.7. The predicted octanol–water partition coefficient (Wildman–Crippen LogP) is 3.24. The van der Waals surface area contributed by atoms with Gasteiger partial charge in [0, 0.05) is 6.61 Å². The SMILES string of the molecule is CCCC(C)C(NN)C1(OCC)CCC(C)CC1. The minimum atomic E-state index is -0.0371. The van der Waals surface area contributed by atoms with Gasteiger partial charge in [-0.3, -0.25) is 11.3 Å². The summed E-state index contributed by atoms with van der Waals surface area (Å²) < 4.78 is 6.20. The molecule has 1 aliphatic carbocycles. The number of hydrogen-bond donors (Lipinski definition) is 2. The highest BCUT2D eigenvalue weighted by Gasteiger charge is 2.43. The van der Waals surface area contributed by atoms with Crippen molar-refractivity contribution in [3.05, 3.63) is 0 Å². The largest absolute Gasteiger partial charge is 0.374 e. The molecule has 2 unspecified atom stereocenters. The summed E-state index contributed by atoms with van der Waals surface area (Å²) in [5.74, 6) is 7.26. The zero-order chi connectivity index (χ0) is 13.6. The van der Waals surface area contributed by atoms with Crippen molar-refractivity contribution in [2.45, 2.75) is 77.9 Å². The van der Waals surface area contributed by atoms with E-state index in [-0.39, 0.29) is 11.6 Å². The van der Waals surface area contributed by atoms with Crippen molar-refractivity contribution >= 4 is 0 Å². The Kier molecular flexibility index (Phi) is 6.61. The van der Waals surface area contributed by atoms with Crippen molar-refractivity contribution in [1.29, 1.82) is 0 Å². The molecule has 2 atom stereocenters. The number of nitrogens with one attached hydrogen (secondary N) is 1. The highest BCUT2D eigenvalue weighted by molar-refractivity contribution is 4.98. The van der Waals surface area contributed by atoms with Crippen molar-refractivity contribution < 1.29 is 4.74 Å². The average Bonchev–Trinajstić information content (AvgIpc) is 2.34. The summed E-state index contributed by atoms with van der Waals surface area (Å²) in [5, 5.41) is 0. The van der Waals surface area contributed by atoms with Crippen molar-refractivity contribution in [3.8, 4) is 0 Å². The molecule has 0 aromatic rings. The van der Waals surface area contributed by atoms with Gasteiger partial charge in [0.05, 0.1) is 11.6 Å². The van der Waals surface area contributed by atoms with Crippen LogP contribution in [0.5, 0.6) is 0 Å². The Morgan fingerprint density at radius 2 is 1.94 bits per heavy atom. The quantitative estimate of drug-likeness (QED) is 0.543. The van der Waals surface area contributed by atoms with Gasteiger partial charge < -0.3 is 4.74 Å². The van der Waals surface area contributed by atoms with Gasteiger partial charge in [0.1, 0.15) is 0 Å². The molecule has 0 bridgehead atoms. The third-order valence-corrected chi connectivity index (χ3v) is 4.61. The molecule has 3 N–H and O–H groups in total. The molecule has 1 aliphatic rings. The van der Waals surface area contributed by atoms with E-state index in [0.717, 1.165) is 25.4 Å². The van der Waals surface area contributed by atoms with E-state index in [1.54, 1.807) is 0 Å². The third-order valence-electron chi connectivity index (χ3n) is 4.61. The molecule has 0 aromatic heterocycles. The first-order valence-corrected chi connectivity index (χ1v) is 7.69. The van der Waals surface area contributed by atoms with E-state index in [1.165, 1.54) is 25.7 Å². The number of nitrogens with two attached hydrogens (primary N) is 1. The highest BCUT2D eigenvalue weighted by Crippen LogP contribution is 2.39. The highest BCUT2D eigenvalue weighted by atomic mass is 16.5. The Balaban J connectivity index is 2.79. The van der Waals surface area contributed by atoms with Crippen LogP contribution in [0, 0.1) is 11.8 Å². The van der Waals surface area contributed by atoms with E-state index in [9.17, 15) is 0 Å². The van der Waals surface area contributed by atoms with Crippen LogP contribution in [0.3, 0.4) is 0 Å². The van der Waals surface area contributed by atoms with Crippen LogP contribution in [0.25, 0.3) is 0 Å². The van der Waals surface area contributed by atoms with Gasteiger partial charge in [-0.15, -0.1) is 0 Å². The summed E-state index contributed by atoms with van der Waals surface area (Å²) in [5.41, 5.74) is 3.03. The zero-order valence-electron chi connectivity index (χ0n) is 12.7. The molecule has 0 saturated heterocycles. The number of hydrazine groups is 1. The Hall–Kier alpha value is -0.120. The Labute approximate surface area is 113 Å². The molecule has 0 heterocycles. The lowest BCUT2D eigenvalue weighted by Crippen LogP contribution is -2.59. The molecule has 108 valence electrons. The lowest BCUT2D eigenvalue weighted by Gasteiger charge is -2.46. The van der Waals surface area contributed by atoms with Crippen molar-refractivity contribution in [3.63, 3.8) is 0 Å². The molecule has 1 saturated carbocycles. The number of ether oxygens (including phenoxy) is 1. The maximum Gasteiger partial charge on any atom is 0.0850 e. The monoisotopic (exact) mass is 256 g/mol. The fourth-order valence-electron chi connectivity index (χ4n) is 3.54. The van der Waals surface area contributed by atoms with Crippen LogP contribution < -0.4 is 11.3 Å². The van der Waals surface area contributed by atoms with Gasteiger partial charge in [-0.2, -0.15) is 0 Å². The standard InChI is InChI=1S/C15H32N2O/c1-5-7-13(4)14(17-16)15(18-6-2)10-8-12(3)9-11-15/h12-14,17H,5-11,16H2,1-4H3. The van der Waals surface area contributed by atoms with Gasteiger partial charge in [-0.25, -0.2) is 0 Å². The van der Waals surface area contributed by atoms with Gasteiger partial charge in [0.2, 0.25) is 0 Å². The summed E-state index contributed by atoms with van der Waals surface area (Å²) in [7, 11) is 0. The van der Waals surface area contributed by atoms with E-state index in [0.29, 0.717) is 5.92 Å². The second-order valence-electron chi connectivity index (χ2n) is 6.09. The molecule has 0 aliphatic heterocycles. The fraction of sp³-hybridized carbons (Fsp3) is 1.00. The summed E-state index contributed by atoms with van der Waals surface area (Å²) in [4.78, 5) is 0. The van der Waals surface area contributed by atoms with Crippen LogP contribution >= 0.6 is 0 Å². The Bertz CT molecular complexity index is 225. The molecule has 0 spiro atoms. The van der Waals surface area contributed by atoms with E-state index in [2.05, 4.69) is 33.1 Å². The van der Waals surface area contributed by atoms with Gasteiger partial charge in [0.25, 0.3) is 0 Å². The minimum Gasteiger partial charge on any atom is -0.374 e. The second-order valence-corrected chi connectivity index (χ2v) is 6.09. The molecule has 0 amide bonds. The maximum atomic E-state index is 6.20. The molecule has 0 aromatic carbocycles. The average molecular weight is 256 g/mol. The molecular weight excluding hydrogens is 224 g/mol. The van der Waals surface area contributed by atoms with Crippen molar-refractivity contribution in [2.75, 3.05) is 6.61 Å². The number of rotatable bonds is 7. The van der Waals surface area contributed by atoms with E-state index >= 15 is 0 Å². The minimum absolute atomic E-state index is 0.0371. The summed E-state index contributed by atoms with van der Waals surface area (Å²) in [6.45, 7) is 9.76. The molecular formula is C15H32N2O. The van der Waals surface area contributed by atoms with Gasteiger partial charge in [-0.05, 0) is 50.9 Å². The van der Waals surface area contributed by atoms with Crippen LogP contribution in [0.4, 0.5) is 0 Å². The first-order chi connectivity index (χ1) is 8.59. The van der Waals surface area contributed by atoms with E-state index in [4.69, 9.17) is 10.6 Å². The predicted molar refractivity (Wildman–Crippen MR) is 77.2 cm³/mol. The first-order valence-electron chi connectivity index (χ1n) is 7.69. The van der Waals surface area contributed by atoms with Crippen LogP contribution in [0.15, 0.2) is 0 Å². The molecule has 18 heavy (non-hydrogen) atoms. The molecule has 1 rings (SSSR count).